The number of hydrogen-bond donors (Lipinski definition) is 2. The monoisotopic (exact) mass is 368 g/mol. The molecular weight excluding hydrogens is 343 g/mol. The Morgan fingerprint density at radius 1 is 1.19 bits per heavy atom. The van der Waals surface area contributed by atoms with Gasteiger partial charge in [-0.25, -0.2) is 4.39 Å². The molecule has 1 amide bonds. The van der Waals surface area contributed by atoms with E-state index in [9.17, 15) is 14.3 Å². The molecule has 0 saturated heterocycles. The molecule has 0 unspecified atom stereocenters. The molecule has 3 aromatic rings. The van der Waals surface area contributed by atoms with Crippen LogP contribution in [0.3, 0.4) is 0 Å². The standard InChI is InChI=1S/C22H25FN2O2/c1-22(2,27)10-9-15-5-4-6-16(11-15)21(26)25(3)14-19-13-17-12-18(23)7-8-20(17)24-19/h4-8,11-13,24,27H,9-10,14H2,1-3H3. The number of aryl methyl sites for hydroxylation is 1. The van der Waals surface area contributed by atoms with Crippen LogP contribution in [0.4, 0.5) is 4.39 Å². The van der Waals surface area contributed by atoms with Crippen LogP contribution in [0.1, 0.15) is 41.9 Å². The molecule has 0 spiro atoms. The minimum Gasteiger partial charge on any atom is -0.390 e. The van der Waals surface area contributed by atoms with Crippen molar-refractivity contribution in [1.82, 2.24) is 9.88 Å². The molecule has 0 aliphatic carbocycles. The minimum atomic E-state index is -0.730. The van der Waals surface area contributed by atoms with Gasteiger partial charge in [0.05, 0.1) is 12.1 Å². The number of carbonyl (C=O) groups excluding carboxylic acids is 1. The molecule has 0 aliphatic rings. The molecule has 0 aliphatic heterocycles. The van der Waals surface area contributed by atoms with Crippen LogP contribution in [-0.4, -0.2) is 33.5 Å². The first-order chi connectivity index (χ1) is 12.7. The van der Waals surface area contributed by atoms with Crippen LogP contribution < -0.4 is 0 Å². The maximum absolute atomic E-state index is 13.3. The third kappa shape index (κ3) is 4.95. The number of rotatable bonds is 6. The number of nitrogens with one attached hydrogen (secondary N) is 1. The Morgan fingerprint density at radius 2 is 1.96 bits per heavy atom. The summed E-state index contributed by atoms with van der Waals surface area (Å²) in [6, 6.07) is 14.0. The number of aromatic nitrogens is 1. The summed E-state index contributed by atoms with van der Waals surface area (Å²) in [5, 5.41) is 10.7. The highest BCUT2D eigenvalue weighted by molar-refractivity contribution is 5.94. The molecule has 142 valence electrons. The van der Waals surface area contributed by atoms with Gasteiger partial charge in [-0.1, -0.05) is 12.1 Å². The lowest BCUT2D eigenvalue weighted by Gasteiger charge is -2.18. The van der Waals surface area contributed by atoms with Gasteiger partial charge in [0, 0.05) is 29.2 Å². The fraction of sp³-hybridized carbons (Fsp3) is 0.318. The molecule has 5 heteroatoms. The van der Waals surface area contributed by atoms with Gasteiger partial charge in [-0.2, -0.15) is 0 Å². The second-order valence-corrected chi connectivity index (χ2v) is 7.70. The molecule has 0 fully saturated rings. The zero-order valence-electron chi connectivity index (χ0n) is 15.9. The summed E-state index contributed by atoms with van der Waals surface area (Å²) in [4.78, 5) is 17.6. The lowest BCUT2D eigenvalue weighted by molar-refractivity contribution is 0.0714. The van der Waals surface area contributed by atoms with Crippen molar-refractivity contribution in [3.05, 3.63) is 71.2 Å². The highest BCUT2D eigenvalue weighted by atomic mass is 19.1. The molecule has 2 aromatic carbocycles. The molecule has 4 nitrogen and oxygen atoms in total. The lowest BCUT2D eigenvalue weighted by atomic mass is 9.98. The number of fused-ring (bicyclic) bond motifs is 1. The van der Waals surface area contributed by atoms with E-state index in [0.29, 0.717) is 24.9 Å². The van der Waals surface area contributed by atoms with Crippen molar-refractivity contribution >= 4 is 16.8 Å². The normalized spacial score (nSPS) is 11.7. The molecule has 0 radical (unpaired) electrons. The molecule has 0 atom stereocenters. The number of halogens is 1. The number of hydrogen-bond acceptors (Lipinski definition) is 2. The minimum absolute atomic E-state index is 0.0788. The van der Waals surface area contributed by atoms with Crippen LogP contribution in [0.5, 0.6) is 0 Å². The van der Waals surface area contributed by atoms with Gasteiger partial charge in [0.2, 0.25) is 0 Å². The number of benzene rings is 2. The van der Waals surface area contributed by atoms with Crippen molar-refractivity contribution in [1.29, 1.82) is 0 Å². The van der Waals surface area contributed by atoms with Crippen LogP contribution in [0.15, 0.2) is 48.5 Å². The summed E-state index contributed by atoms with van der Waals surface area (Å²) < 4.78 is 13.3. The Bertz CT molecular complexity index is 956. The number of carbonyl (C=O) groups is 1. The van der Waals surface area contributed by atoms with Gasteiger partial charge in [-0.05, 0) is 68.7 Å². The summed E-state index contributed by atoms with van der Waals surface area (Å²) >= 11 is 0. The molecular formula is C22H25FN2O2. The highest BCUT2D eigenvalue weighted by Gasteiger charge is 2.16. The number of H-pyrrole nitrogens is 1. The molecule has 2 N–H and O–H groups in total. The van der Waals surface area contributed by atoms with Crippen molar-refractivity contribution in [3.8, 4) is 0 Å². The fourth-order valence-electron chi connectivity index (χ4n) is 3.11. The van der Waals surface area contributed by atoms with Crippen LogP contribution in [0.25, 0.3) is 10.9 Å². The molecule has 1 aromatic heterocycles. The topological polar surface area (TPSA) is 56.3 Å². The van der Waals surface area contributed by atoms with Gasteiger partial charge in [-0.3, -0.25) is 4.79 Å². The summed E-state index contributed by atoms with van der Waals surface area (Å²) in [5.74, 6) is -0.356. The van der Waals surface area contributed by atoms with E-state index in [1.165, 1.54) is 12.1 Å². The predicted octanol–water partition coefficient (Wildman–Crippen LogP) is 4.28. The van der Waals surface area contributed by atoms with Gasteiger partial charge in [0.25, 0.3) is 5.91 Å². The number of aromatic amines is 1. The lowest BCUT2D eigenvalue weighted by Crippen LogP contribution is -2.26. The molecule has 1 heterocycles. The largest absolute Gasteiger partial charge is 0.390 e. The smallest absolute Gasteiger partial charge is 0.253 e. The highest BCUT2D eigenvalue weighted by Crippen LogP contribution is 2.19. The number of nitrogens with zero attached hydrogens (tertiary/aromatic N) is 1. The van der Waals surface area contributed by atoms with E-state index in [1.54, 1.807) is 37.9 Å². The number of aliphatic hydroxyl groups is 1. The molecule has 3 rings (SSSR count). The van der Waals surface area contributed by atoms with Crippen LogP contribution in [0.2, 0.25) is 0 Å². The Morgan fingerprint density at radius 3 is 2.70 bits per heavy atom. The van der Waals surface area contributed by atoms with Crippen molar-refractivity contribution in [2.24, 2.45) is 0 Å². The zero-order valence-corrected chi connectivity index (χ0v) is 15.9. The van der Waals surface area contributed by atoms with Gasteiger partial charge in [0.1, 0.15) is 5.82 Å². The zero-order chi connectivity index (χ0) is 19.6. The SMILES string of the molecule is CN(Cc1cc2cc(F)ccc2[nH]1)C(=O)c1cccc(CCC(C)(C)O)c1. The van der Waals surface area contributed by atoms with Crippen molar-refractivity contribution in [2.45, 2.75) is 38.8 Å². The van der Waals surface area contributed by atoms with Crippen LogP contribution in [-0.2, 0) is 13.0 Å². The van der Waals surface area contributed by atoms with Crippen molar-refractivity contribution in [3.63, 3.8) is 0 Å². The van der Waals surface area contributed by atoms with Crippen molar-refractivity contribution in [2.75, 3.05) is 7.05 Å². The Kier molecular flexibility index (Phi) is 5.33. The van der Waals surface area contributed by atoms with E-state index in [1.807, 2.05) is 24.3 Å². The summed E-state index contributed by atoms with van der Waals surface area (Å²) in [5.41, 5.74) is 2.61. The third-order valence-electron chi connectivity index (χ3n) is 4.59. The summed E-state index contributed by atoms with van der Waals surface area (Å²) in [7, 11) is 1.75. The van der Waals surface area contributed by atoms with Gasteiger partial charge in [-0.15, -0.1) is 0 Å². The van der Waals surface area contributed by atoms with Gasteiger partial charge >= 0.3 is 0 Å². The third-order valence-corrected chi connectivity index (χ3v) is 4.59. The average molecular weight is 368 g/mol. The first-order valence-corrected chi connectivity index (χ1v) is 9.05. The second-order valence-electron chi connectivity index (χ2n) is 7.70. The van der Waals surface area contributed by atoms with E-state index >= 15 is 0 Å². The maximum Gasteiger partial charge on any atom is 0.253 e. The molecule has 27 heavy (non-hydrogen) atoms. The first-order valence-electron chi connectivity index (χ1n) is 9.05. The Labute approximate surface area is 158 Å². The quantitative estimate of drug-likeness (QED) is 0.682. The van der Waals surface area contributed by atoms with Crippen molar-refractivity contribution < 1.29 is 14.3 Å². The van der Waals surface area contributed by atoms with E-state index < -0.39 is 5.60 Å². The van der Waals surface area contributed by atoms with E-state index in [2.05, 4.69) is 4.98 Å². The first kappa shape index (κ1) is 19.1. The van der Waals surface area contributed by atoms with Crippen LogP contribution in [0, 0.1) is 5.82 Å². The van der Waals surface area contributed by atoms with Crippen LogP contribution >= 0.6 is 0 Å². The van der Waals surface area contributed by atoms with E-state index in [0.717, 1.165) is 22.2 Å². The maximum atomic E-state index is 13.3. The average Bonchev–Trinajstić information content (AvgIpc) is 3.00. The van der Waals surface area contributed by atoms with E-state index in [-0.39, 0.29) is 11.7 Å². The molecule has 0 bridgehead atoms. The Hall–Kier alpha value is -2.66. The van der Waals surface area contributed by atoms with Gasteiger partial charge in [0.15, 0.2) is 0 Å². The molecule has 0 saturated carbocycles. The van der Waals surface area contributed by atoms with E-state index in [4.69, 9.17) is 0 Å². The Balaban J connectivity index is 1.70. The van der Waals surface area contributed by atoms with Gasteiger partial charge < -0.3 is 15.0 Å². The summed E-state index contributed by atoms with van der Waals surface area (Å²) in [6.45, 7) is 3.97. The summed E-state index contributed by atoms with van der Waals surface area (Å²) in [6.07, 6.45) is 1.34. The number of amides is 1. The fourth-order valence-corrected chi connectivity index (χ4v) is 3.11. The second kappa shape index (κ2) is 7.53. The predicted molar refractivity (Wildman–Crippen MR) is 105 cm³/mol.